The Hall–Kier alpha value is -3.83. The van der Waals surface area contributed by atoms with Gasteiger partial charge in [0.2, 0.25) is 0 Å². The van der Waals surface area contributed by atoms with Gasteiger partial charge in [-0.05, 0) is 36.6 Å². The fraction of sp³-hybridized carbons (Fsp3) is 0.300. The van der Waals surface area contributed by atoms with Crippen molar-refractivity contribution in [3.05, 3.63) is 70.4 Å². The number of halogens is 3. The second kappa shape index (κ2) is 9.98. The van der Waals surface area contributed by atoms with Crippen LogP contribution in [0.2, 0.25) is 0 Å². The summed E-state index contributed by atoms with van der Waals surface area (Å²) in [5.74, 6) is -0.872. The first kappa shape index (κ1) is 22.8. The summed E-state index contributed by atoms with van der Waals surface area (Å²) in [7, 11) is 0. The van der Waals surface area contributed by atoms with Gasteiger partial charge in [-0.25, -0.2) is 0 Å². The van der Waals surface area contributed by atoms with Gasteiger partial charge < -0.3 is 20.4 Å². The molecule has 0 fully saturated rings. The molecule has 0 radical (unpaired) electrons. The summed E-state index contributed by atoms with van der Waals surface area (Å²) in [6, 6.07) is 8.35. The number of unbranched alkanes of at least 4 members (excludes halogenated alkanes) is 1. The summed E-state index contributed by atoms with van der Waals surface area (Å²) < 4.78 is 43.9. The van der Waals surface area contributed by atoms with E-state index in [9.17, 15) is 22.8 Å². The molecule has 0 aliphatic heterocycles. The van der Waals surface area contributed by atoms with Gasteiger partial charge in [0, 0.05) is 37.6 Å². The highest BCUT2D eigenvalue weighted by Crippen LogP contribution is 2.23. The van der Waals surface area contributed by atoms with Crippen LogP contribution in [0.25, 0.3) is 0 Å². The second-order valence-electron chi connectivity index (χ2n) is 6.94. The fourth-order valence-corrected chi connectivity index (χ4v) is 2.90. The van der Waals surface area contributed by atoms with E-state index in [1.54, 1.807) is 22.9 Å². The minimum Gasteiger partial charge on any atom is -0.406 e. The number of nitrogens with two attached hydrogens (primary N) is 1. The topological polar surface area (TPSA) is 117 Å². The van der Waals surface area contributed by atoms with Gasteiger partial charge in [0.05, 0.1) is 6.20 Å². The molecule has 1 aromatic carbocycles. The Morgan fingerprint density at radius 3 is 2.69 bits per heavy atom. The highest BCUT2D eigenvalue weighted by atomic mass is 19.4. The first-order valence-electron chi connectivity index (χ1n) is 9.68. The van der Waals surface area contributed by atoms with E-state index in [0.29, 0.717) is 37.2 Å². The lowest BCUT2D eigenvalue weighted by atomic mass is 10.2. The number of amides is 1. The van der Waals surface area contributed by atoms with E-state index in [-0.39, 0.29) is 23.5 Å². The zero-order valence-electron chi connectivity index (χ0n) is 16.9. The molecule has 12 heteroatoms. The lowest BCUT2D eigenvalue weighted by Crippen LogP contribution is -2.23. The normalized spacial score (nSPS) is 11.3. The van der Waals surface area contributed by atoms with Crippen molar-refractivity contribution < 1.29 is 22.7 Å². The Morgan fingerprint density at radius 2 is 1.94 bits per heavy atom. The summed E-state index contributed by atoms with van der Waals surface area (Å²) in [5.41, 5.74) is 6.33. The summed E-state index contributed by atoms with van der Waals surface area (Å²) in [6.45, 7) is 1.02. The van der Waals surface area contributed by atoms with Crippen molar-refractivity contribution in [1.29, 1.82) is 0 Å². The van der Waals surface area contributed by atoms with E-state index in [2.05, 4.69) is 20.4 Å². The molecule has 2 aromatic heterocycles. The van der Waals surface area contributed by atoms with Crippen molar-refractivity contribution >= 4 is 11.6 Å². The molecule has 0 spiro atoms. The number of hydrogen-bond donors (Lipinski definition) is 2. The van der Waals surface area contributed by atoms with Crippen LogP contribution in [-0.4, -0.2) is 31.8 Å². The van der Waals surface area contributed by atoms with Crippen molar-refractivity contribution in [2.24, 2.45) is 0 Å². The zero-order chi connectivity index (χ0) is 23.1. The molecule has 0 saturated carbocycles. The van der Waals surface area contributed by atoms with E-state index in [4.69, 9.17) is 5.73 Å². The van der Waals surface area contributed by atoms with Crippen LogP contribution in [0.3, 0.4) is 0 Å². The molecule has 9 nitrogen and oxygen atoms in total. The second-order valence-corrected chi connectivity index (χ2v) is 6.94. The van der Waals surface area contributed by atoms with Gasteiger partial charge in [0.25, 0.3) is 11.5 Å². The Kier molecular flexibility index (Phi) is 7.13. The third-order valence-corrected chi connectivity index (χ3v) is 4.41. The lowest BCUT2D eigenvalue weighted by molar-refractivity contribution is -0.274. The highest BCUT2D eigenvalue weighted by Gasteiger charge is 2.31. The van der Waals surface area contributed by atoms with E-state index >= 15 is 0 Å². The number of nitrogen functional groups attached to an aromatic ring is 1. The minimum atomic E-state index is -4.79. The van der Waals surface area contributed by atoms with Gasteiger partial charge in [-0.1, -0.05) is 17.3 Å². The number of carbonyl (C=O) groups excluding carboxylic acids is 1. The SMILES string of the molecule is Nc1ccn(CCCCn2cc(C(=O)NCc3cccc(OC(F)(F)F)c3)nn2)c(=O)c1. The number of aromatic nitrogens is 4. The molecule has 0 atom stereocenters. The molecule has 3 rings (SSSR count). The van der Waals surface area contributed by atoms with Crippen LogP contribution >= 0.6 is 0 Å². The maximum Gasteiger partial charge on any atom is 0.573 e. The summed E-state index contributed by atoms with van der Waals surface area (Å²) >= 11 is 0. The van der Waals surface area contributed by atoms with Crippen LogP contribution in [0.5, 0.6) is 5.75 Å². The van der Waals surface area contributed by atoms with Gasteiger partial charge in [-0.2, -0.15) is 0 Å². The van der Waals surface area contributed by atoms with Gasteiger partial charge in [-0.15, -0.1) is 18.3 Å². The molecule has 2 heterocycles. The number of alkyl halides is 3. The number of nitrogens with zero attached hydrogens (tertiary/aromatic N) is 4. The van der Waals surface area contributed by atoms with Gasteiger partial charge in [-0.3, -0.25) is 14.3 Å². The molecule has 3 aromatic rings. The molecule has 0 saturated heterocycles. The molecule has 0 bridgehead atoms. The number of benzene rings is 1. The zero-order valence-corrected chi connectivity index (χ0v) is 16.9. The maximum absolute atomic E-state index is 12.3. The monoisotopic (exact) mass is 450 g/mol. The van der Waals surface area contributed by atoms with Gasteiger partial charge in [0.15, 0.2) is 5.69 Å². The van der Waals surface area contributed by atoms with E-state index in [1.807, 2.05) is 0 Å². The highest BCUT2D eigenvalue weighted by molar-refractivity contribution is 5.91. The Bertz CT molecular complexity index is 1130. The first-order valence-corrected chi connectivity index (χ1v) is 9.68. The van der Waals surface area contributed by atoms with E-state index < -0.39 is 12.3 Å². The molecular formula is C20H21F3N6O3. The number of anilines is 1. The molecule has 170 valence electrons. The number of hydrogen-bond acceptors (Lipinski definition) is 6. The van der Waals surface area contributed by atoms with Crippen LogP contribution < -0.4 is 21.3 Å². The largest absolute Gasteiger partial charge is 0.573 e. The van der Waals surface area contributed by atoms with Crippen LogP contribution in [-0.2, 0) is 19.6 Å². The summed E-state index contributed by atoms with van der Waals surface area (Å²) in [5, 5.41) is 10.3. The molecule has 1 amide bonds. The number of nitrogens with one attached hydrogen (secondary N) is 1. The molecule has 0 unspecified atom stereocenters. The minimum absolute atomic E-state index is 0.00288. The first-order chi connectivity index (χ1) is 15.2. The van der Waals surface area contributed by atoms with E-state index in [1.165, 1.54) is 35.1 Å². The number of ether oxygens (including phenoxy) is 1. The summed E-state index contributed by atoms with van der Waals surface area (Å²) in [6.07, 6.45) is -0.255. The smallest absolute Gasteiger partial charge is 0.406 e. The number of carbonyl (C=O) groups is 1. The average molecular weight is 450 g/mol. The van der Waals surface area contributed by atoms with Crippen LogP contribution in [0.15, 0.2) is 53.6 Å². The van der Waals surface area contributed by atoms with Crippen LogP contribution in [0, 0.1) is 0 Å². The van der Waals surface area contributed by atoms with Crippen LogP contribution in [0.1, 0.15) is 28.9 Å². The third kappa shape index (κ3) is 6.86. The Balaban J connectivity index is 1.45. The molecule has 0 aliphatic rings. The maximum atomic E-state index is 12.3. The van der Waals surface area contributed by atoms with E-state index in [0.717, 1.165) is 0 Å². The van der Waals surface area contributed by atoms with Crippen molar-refractivity contribution in [2.75, 3.05) is 5.73 Å². The molecule has 3 N–H and O–H groups in total. The molecular weight excluding hydrogens is 429 g/mol. The van der Waals surface area contributed by atoms with Gasteiger partial charge >= 0.3 is 6.36 Å². The summed E-state index contributed by atoms with van der Waals surface area (Å²) in [4.78, 5) is 24.0. The molecule has 0 aliphatic carbocycles. The van der Waals surface area contributed by atoms with Crippen molar-refractivity contribution in [3.8, 4) is 5.75 Å². The number of aryl methyl sites for hydroxylation is 2. The Labute approximate surface area is 180 Å². The lowest BCUT2D eigenvalue weighted by Gasteiger charge is -2.10. The van der Waals surface area contributed by atoms with Crippen molar-refractivity contribution in [2.45, 2.75) is 38.8 Å². The standard InChI is InChI=1S/C20H21F3N6O3/c21-20(22,23)32-16-5-3-4-14(10-16)12-25-19(31)17-13-29(27-26-17)8-2-1-7-28-9-6-15(24)11-18(28)30/h3-6,9-11,13H,1-2,7-8,12,24H2,(H,25,31). The van der Waals surface area contributed by atoms with Crippen molar-refractivity contribution in [3.63, 3.8) is 0 Å². The molecule has 32 heavy (non-hydrogen) atoms. The predicted molar refractivity (Wildman–Crippen MR) is 109 cm³/mol. The Morgan fingerprint density at radius 1 is 1.16 bits per heavy atom. The predicted octanol–water partition coefficient (Wildman–Crippen LogP) is 2.33. The average Bonchev–Trinajstić information content (AvgIpc) is 3.19. The third-order valence-electron chi connectivity index (χ3n) is 4.41. The van der Waals surface area contributed by atoms with Gasteiger partial charge in [0.1, 0.15) is 5.75 Å². The van der Waals surface area contributed by atoms with Crippen LogP contribution in [0.4, 0.5) is 18.9 Å². The van der Waals surface area contributed by atoms with Crippen molar-refractivity contribution in [1.82, 2.24) is 24.9 Å². The number of pyridine rings is 1. The number of rotatable bonds is 9. The fourth-order valence-electron chi connectivity index (χ4n) is 2.90. The quantitative estimate of drug-likeness (QED) is 0.484.